The standard InChI is InChI=1S/C10H17/c1-4-9-6-5-7-10(2,3)8-9/h4H,1,5-8H2,2-3H3/q+1. The first-order chi connectivity index (χ1) is 4.64. The molecule has 0 unspecified atom stereocenters. The zero-order chi connectivity index (χ0) is 7.61. The number of hydrogen-bond donors (Lipinski definition) is 0. The maximum atomic E-state index is 3.81. The van der Waals surface area contributed by atoms with Gasteiger partial charge in [0.25, 0.3) is 0 Å². The Bertz CT molecular complexity index is 122. The van der Waals surface area contributed by atoms with Crippen molar-refractivity contribution in [3.8, 4) is 0 Å². The third-order valence-electron chi connectivity index (χ3n) is 2.35. The molecular weight excluding hydrogens is 120 g/mol. The minimum Gasteiger partial charge on any atom is -0.0579 e. The van der Waals surface area contributed by atoms with Crippen LogP contribution in [0.15, 0.2) is 12.7 Å². The Morgan fingerprint density at radius 1 is 1.50 bits per heavy atom. The summed E-state index contributed by atoms with van der Waals surface area (Å²) in [4.78, 5) is 0. The molecule has 0 bridgehead atoms. The second kappa shape index (κ2) is 2.69. The summed E-state index contributed by atoms with van der Waals surface area (Å²) in [5, 5.41) is 0. The van der Waals surface area contributed by atoms with Crippen LogP contribution in [0, 0.1) is 11.3 Å². The summed E-state index contributed by atoms with van der Waals surface area (Å²) < 4.78 is 0. The molecule has 0 atom stereocenters. The minimum absolute atomic E-state index is 0.543. The number of rotatable bonds is 1. The molecule has 0 nitrogen and oxygen atoms in total. The summed E-state index contributed by atoms with van der Waals surface area (Å²) in [5.74, 6) is 1.55. The minimum atomic E-state index is 0.543. The Morgan fingerprint density at radius 2 is 2.20 bits per heavy atom. The van der Waals surface area contributed by atoms with Gasteiger partial charge >= 0.3 is 0 Å². The van der Waals surface area contributed by atoms with Gasteiger partial charge in [-0.1, -0.05) is 13.8 Å². The van der Waals surface area contributed by atoms with Gasteiger partial charge in [0.15, 0.2) is 0 Å². The smallest absolute Gasteiger partial charge is 0.0579 e. The van der Waals surface area contributed by atoms with Gasteiger partial charge in [0.2, 0.25) is 0 Å². The van der Waals surface area contributed by atoms with Crippen LogP contribution in [0.1, 0.15) is 39.5 Å². The van der Waals surface area contributed by atoms with Crippen LogP contribution in [0.2, 0.25) is 0 Å². The van der Waals surface area contributed by atoms with E-state index in [1.807, 2.05) is 6.08 Å². The largest absolute Gasteiger partial charge is 0.0893 e. The molecule has 1 fully saturated rings. The lowest BCUT2D eigenvalue weighted by Gasteiger charge is -2.29. The third-order valence-corrected chi connectivity index (χ3v) is 2.35. The molecule has 0 saturated heterocycles. The molecule has 0 heteroatoms. The summed E-state index contributed by atoms with van der Waals surface area (Å²) in [6, 6.07) is 0. The van der Waals surface area contributed by atoms with Crippen molar-refractivity contribution in [3.05, 3.63) is 18.6 Å². The molecule has 1 saturated carbocycles. The normalized spacial score (nSPS) is 24.4. The molecule has 0 amide bonds. The van der Waals surface area contributed by atoms with E-state index in [2.05, 4.69) is 20.4 Å². The van der Waals surface area contributed by atoms with Crippen LogP contribution in [-0.2, 0) is 0 Å². The number of allylic oxidation sites excluding steroid dienone is 1. The first-order valence-corrected chi connectivity index (χ1v) is 4.11. The summed E-state index contributed by atoms with van der Waals surface area (Å²) >= 11 is 0. The highest BCUT2D eigenvalue weighted by Gasteiger charge is 2.30. The molecule has 1 rings (SSSR count). The van der Waals surface area contributed by atoms with Crippen molar-refractivity contribution in [2.24, 2.45) is 5.41 Å². The van der Waals surface area contributed by atoms with Crippen molar-refractivity contribution in [2.45, 2.75) is 39.5 Å². The molecule has 0 heterocycles. The highest BCUT2D eigenvalue weighted by Crippen LogP contribution is 2.39. The van der Waals surface area contributed by atoms with E-state index in [9.17, 15) is 0 Å². The maximum absolute atomic E-state index is 3.81. The second-order valence-electron chi connectivity index (χ2n) is 4.06. The summed E-state index contributed by atoms with van der Waals surface area (Å²) in [6.07, 6.45) is 7.32. The third kappa shape index (κ3) is 1.80. The average molecular weight is 137 g/mol. The Labute approximate surface area is 64.3 Å². The van der Waals surface area contributed by atoms with Crippen molar-refractivity contribution in [2.75, 3.05) is 0 Å². The van der Waals surface area contributed by atoms with Gasteiger partial charge in [-0.05, 0) is 18.3 Å². The Hall–Kier alpha value is -0.390. The van der Waals surface area contributed by atoms with Crippen molar-refractivity contribution in [1.29, 1.82) is 0 Å². The Morgan fingerprint density at radius 3 is 2.60 bits per heavy atom. The van der Waals surface area contributed by atoms with E-state index >= 15 is 0 Å². The molecule has 0 aromatic heterocycles. The van der Waals surface area contributed by atoms with E-state index in [1.165, 1.54) is 25.7 Å². The van der Waals surface area contributed by atoms with Crippen LogP contribution >= 0.6 is 0 Å². The van der Waals surface area contributed by atoms with E-state index in [4.69, 9.17) is 0 Å². The van der Waals surface area contributed by atoms with Gasteiger partial charge in [-0.3, -0.25) is 0 Å². The molecule has 0 spiro atoms. The van der Waals surface area contributed by atoms with Crippen LogP contribution in [0.5, 0.6) is 0 Å². The fraction of sp³-hybridized carbons (Fsp3) is 0.700. The molecule has 0 aromatic carbocycles. The molecule has 10 heavy (non-hydrogen) atoms. The van der Waals surface area contributed by atoms with Gasteiger partial charge in [0, 0.05) is 19.4 Å². The van der Waals surface area contributed by atoms with E-state index < -0.39 is 0 Å². The average Bonchev–Trinajstić information content (AvgIpc) is 1.86. The highest BCUT2D eigenvalue weighted by molar-refractivity contribution is 5.10. The number of hydrogen-bond acceptors (Lipinski definition) is 0. The van der Waals surface area contributed by atoms with Crippen molar-refractivity contribution < 1.29 is 0 Å². The van der Waals surface area contributed by atoms with Crippen LogP contribution in [0.25, 0.3) is 0 Å². The Kier molecular flexibility index (Phi) is 2.08. The molecule has 1 aliphatic carbocycles. The highest BCUT2D eigenvalue weighted by atomic mass is 14.3. The second-order valence-corrected chi connectivity index (χ2v) is 4.06. The lowest BCUT2D eigenvalue weighted by molar-refractivity contribution is 0.271. The summed E-state index contributed by atoms with van der Waals surface area (Å²) in [7, 11) is 0. The fourth-order valence-corrected chi connectivity index (χ4v) is 1.76. The lowest BCUT2D eigenvalue weighted by atomic mass is 9.72. The molecule has 56 valence electrons. The molecular formula is C10H17+. The quantitative estimate of drug-likeness (QED) is 0.486. The molecule has 1 aliphatic rings. The van der Waals surface area contributed by atoms with Crippen LogP contribution in [-0.4, -0.2) is 0 Å². The van der Waals surface area contributed by atoms with E-state index in [1.54, 1.807) is 5.92 Å². The van der Waals surface area contributed by atoms with Gasteiger partial charge in [-0.25, -0.2) is 0 Å². The van der Waals surface area contributed by atoms with E-state index in [0.29, 0.717) is 5.41 Å². The fourth-order valence-electron chi connectivity index (χ4n) is 1.76. The van der Waals surface area contributed by atoms with Gasteiger partial charge < -0.3 is 0 Å². The molecule has 0 radical (unpaired) electrons. The van der Waals surface area contributed by atoms with Crippen molar-refractivity contribution in [3.63, 3.8) is 0 Å². The van der Waals surface area contributed by atoms with Crippen LogP contribution in [0.3, 0.4) is 0 Å². The van der Waals surface area contributed by atoms with Crippen LogP contribution < -0.4 is 0 Å². The summed E-state index contributed by atoms with van der Waals surface area (Å²) in [5.41, 5.74) is 0.543. The van der Waals surface area contributed by atoms with Gasteiger partial charge in [-0.15, -0.1) is 0 Å². The lowest BCUT2D eigenvalue weighted by Crippen LogP contribution is -2.19. The molecule has 0 aliphatic heterocycles. The van der Waals surface area contributed by atoms with Crippen molar-refractivity contribution >= 4 is 0 Å². The summed E-state index contributed by atoms with van der Waals surface area (Å²) in [6.45, 7) is 8.50. The topological polar surface area (TPSA) is 0 Å². The Balaban J connectivity index is 2.47. The maximum Gasteiger partial charge on any atom is 0.0893 e. The first kappa shape index (κ1) is 7.71. The van der Waals surface area contributed by atoms with Gasteiger partial charge in [0.05, 0.1) is 12.0 Å². The zero-order valence-electron chi connectivity index (χ0n) is 7.11. The van der Waals surface area contributed by atoms with Gasteiger partial charge in [0.1, 0.15) is 0 Å². The van der Waals surface area contributed by atoms with Crippen molar-refractivity contribution in [1.82, 2.24) is 0 Å². The van der Waals surface area contributed by atoms with E-state index in [-0.39, 0.29) is 0 Å². The van der Waals surface area contributed by atoms with Gasteiger partial charge in [-0.2, -0.15) is 0 Å². The molecule has 0 N–H and O–H groups in total. The molecule has 0 aromatic rings. The monoisotopic (exact) mass is 137 g/mol. The van der Waals surface area contributed by atoms with Crippen LogP contribution in [0.4, 0.5) is 0 Å². The zero-order valence-corrected chi connectivity index (χ0v) is 7.11. The SMILES string of the molecule is C=C[C+]1CCCC(C)(C)C1. The predicted molar refractivity (Wildman–Crippen MR) is 45.7 cm³/mol. The van der Waals surface area contributed by atoms with E-state index in [0.717, 1.165) is 0 Å². The first-order valence-electron chi connectivity index (χ1n) is 4.11. The predicted octanol–water partition coefficient (Wildman–Crippen LogP) is 3.35.